The molecule has 3 N–H and O–H groups in total. The van der Waals surface area contributed by atoms with Crippen LogP contribution in [0.4, 0.5) is 0 Å². The van der Waals surface area contributed by atoms with Crippen molar-refractivity contribution in [1.82, 2.24) is 5.32 Å². The molecule has 0 spiro atoms. The van der Waals surface area contributed by atoms with Crippen molar-refractivity contribution in [3.63, 3.8) is 0 Å². The minimum Gasteiger partial charge on any atom is -0.508 e. The first-order valence-electron chi connectivity index (χ1n) is 6.81. The van der Waals surface area contributed by atoms with Gasteiger partial charge in [0.05, 0.1) is 19.3 Å². The van der Waals surface area contributed by atoms with Gasteiger partial charge in [-0.15, -0.1) is 0 Å². The zero-order chi connectivity index (χ0) is 15.5. The van der Waals surface area contributed by atoms with Crippen molar-refractivity contribution in [2.75, 3.05) is 13.2 Å². The first-order chi connectivity index (χ1) is 9.93. The van der Waals surface area contributed by atoms with Gasteiger partial charge in [-0.2, -0.15) is 0 Å². The number of nitrogens with one attached hydrogen (secondary N) is 1. The summed E-state index contributed by atoms with van der Waals surface area (Å²) < 4.78 is 5.18. The number of aliphatic carboxylic acids is 1. The Morgan fingerprint density at radius 2 is 2.14 bits per heavy atom. The first-order valence-corrected chi connectivity index (χ1v) is 6.81. The number of para-hydroxylation sites is 1. The van der Waals surface area contributed by atoms with Crippen LogP contribution in [0.25, 0.3) is 0 Å². The summed E-state index contributed by atoms with van der Waals surface area (Å²) in [5.74, 6) is -1.07. The number of rotatable bonds is 5. The van der Waals surface area contributed by atoms with Crippen LogP contribution in [0.5, 0.6) is 5.75 Å². The first kappa shape index (κ1) is 15.3. The molecule has 1 saturated heterocycles. The van der Waals surface area contributed by atoms with Crippen LogP contribution in [0.15, 0.2) is 24.3 Å². The van der Waals surface area contributed by atoms with E-state index in [0.29, 0.717) is 12.0 Å². The van der Waals surface area contributed by atoms with Crippen LogP contribution in [0, 0.1) is 5.41 Å². The van der Waals surface area contributed by atoms with Gasteiger partial charge in [-0.25, -0.2) is 0 Å². The maximum atomic E-state index is 12.0. The van der Waals surface area contributed by atoms with E-state index < -0.39 is 17.4 Å². The lowest BCUT2D eigenvalue weighted by Crippen LogP contribution is -2.49. The van der Waals surface area contributed by atoms with Gasteiger partial charge in [0.2, 0.25) is 5.91 Å². The number of ether oxygens (including phenoxy) is 1. The Morgan fingerprint density at radius 1 is 1.43 bits per heavy atom. The molecule has 1 fully saturated rings. The number of phenolic OH excluding ortho intramolecular Hbond substituents is 1. The zero-order valence-electron chi connectivity index (χ0n) is 11.8. The van der Waals surface area contributed by atoms with E-state index >= 15 is 0 Å². The van der Waals surface area contributed by atoms with E-state index in [0.717, 1.165) is 0 Å². The second-order valence-corrected chi connectivity index (χ2v) is 5.49. The highest BCUT2D eigenvalue weighted by Crippen LogP contribution is 2.28. The highest BCUT2D eigenvalue weighted by Gasteiger charge is 2.47. The van der Waals surface area contributed by atoms with Crippen molar-refractivity contribution in [3.05, 3.63) is 29.8 Å². The standard InChI is InChI=1S/C15H19NO5/c1-15(14(19)20)9-21-8-12(15)16-13(18)7-6-10-4-2-3-5-11(10)17/h2-5,12,17H,6-9H2,1H3,(H,16,18)(H,19,20). The molecular formula is C15H19NO5. The predicted molar refractivity (Wildman–Crippen MR) is 74.9 cm³/mol. The summed E-state index contributed by atoms with van der Waals surface area (Å²) in [5, 5.41) is 21.6. The molecule has 1 aliphatic heterocycles. The van der Waals surface area contributed by atoms with Crippen molar-refractivity contribution in [2.45, 2.75) is 25.8 Å². The van der Waals surface area contributed by atoms with E-state index in [4.69, 9.17) is 4.74 Å². The highest BCUT2D eigenvalue weighted by molar-refractivity contribution is 5.80. The van der Waals surface area contributed by atoms with E-state index in [1.54, 1.807) is 31.2 Å². The molecule has 6 nitrogen and oxygen atoms in total. The van der Waals surface area contributed by atoms with Crippen LogP contribution >= 0.6 is 0 Å². The van der Waals surface area contributed by atoms with Crippen molar-refractivity contribution >= 4 is 11.9 Å². The lowest BCUT2D eigenvalue weighted by molar-refractivity contribution is -0.149. The third-order valence-corrected chi connectivity index (χ3v) is 3.89. The van der Waals surface area contributed by atoms with E-state index in [1.807, 2.05) is 0 Å². The Bertz CT molecular complexity index is 545. The molecule has 2 unspecified atom stereocenters. The van der Waals surface area contributed by atoms with Crippen molar-refractivity contribution < 1.29 is 24.5 Å². The second-order valence-electron chi connectivity index (χ2n) is 5.49. The van der Waals surface area contributed by atoms with Gasteiger partial charge < -0.3 is 20.3 Å². The minimum absolute atomic E-state index is 0.0900. The van der Waals surface area contributed by atoms with Gasteiger partial charge in [0.15, 0.2) is 0 Å². The molecule has 2 rings (SSSR count). The molecule has 0 saturated carbocycles. The van der Waals surface area contributed by atoms with Crippen LogP contribution in [0.2, 0.25) is 0 Å². The summed E-state index contributed by atoms with van der Waals surface area (Å²) in [6.45, 7) is 1.86. The largest absolute Gasteiger partial charge is 0.508 e. The Balaban J connectivity index is 1.90. The number of benzene rings is 1. The molecule has 1 heterocycles. The number of hydrogen-bond acceptors (Lipinski definition) is 4. The van der Waals surface area contributed by atoms with E-state index in [1.165, 1.54) is 0 Å². The number of carbonyl (C=O) groups is 2. The van der Waals surface area contributed by atoms with Gasteiger partial charge in [0.1, 0.15) is 11.2 Å². The quantitative estimate of drug-likeness (QED) is 0.750. The number of aryl methyl sites for hydroxylation is 1. The maximum absolute atomic E-state index is 12.0. The van der Waals surface area contributed by atoms with Gasteiger partial charge in [-0.05, 0) is 25.0 Å². The Kier molecular flexibility index (Phi) is 4.47. The van der Waals surface area contributed by atoms with Crippen molar-refractivity contribution in [2.24, 2.45) is 5.41 Å². The average molecular weight is 293 g/mol. The molecular weight excluding hydrogens is 274 g/mol. The fourth-order valence-corrected chi connectivity index (χ4v) is 2.32. The molecule has 0 aromatic heterocycles. The predicted octanol–water partition coefficient (Wildman–Crippen LogP) is 0.931. The number of amides is 1. The smallest absolute Gasteiger partial charge is 0.313 e. The molecule has 1 aromatic carbocycles. The normalized spacial score (nSPS) is 24.7. The zero-order valence-corrected chi connectivity index (χ0v) is 11.8. The summed E-state index contributed by atoms with van der Waals surface area (Å²) in [4.78, 5) is 23.2. The molecule has 1 aromatic rings. The number of carboxylic acid groups (broad SMARTS) is 1. The van der Waals surface area contributed by atoms with Gasteiger partial charge in [-0.1, -0.05) is 18.2 Å². The third-order valence-electron chi connectivity index (χ3n) is 3.89. The average Bonchev–Trinajstić information content (AvgIpc) is 2.81. The summed E-state index contributed by atoms with van der Waals surface area (Å²) >= 11 is 0. The monoisotopic (exact) mass is 293 g/mol. The highest BCUT2D eigenvalue weighted by atomic mass is 16.5. The van der Waals surface area contributed by atoms with E-state index in [9.17, 15) is 19.8 Å². The molecule has 21 heavy (non-hydrogen) atoms. The van der Waals surface area contributed by atoms with Crippen LogP contribution in [0.1, 0.15) is 18.9 Å². The minimum atomic E-state index is -1.09. The molecule has 1 aliphatic rings. The van der Waals surface area contributed by atoms with Gasteiger partial charge in [0.25, 0.3) is 0 Å². The van der Waals surface area contributed by atoms with E-state index in [2.05, 4.69) is 5.32 Å². The van der Waals surface area contributed by atoms with Gasteiger partial charge in [-0.3, -0.25) is 9.59 Å². The fourth-order valence-electron chi connectivity index (χ4n) is 2.32. The van der Waals surface area contributed by atoms with Crippen molar-refractivity contribution in [3.8, 4) is 5.75 Å². The van der Waals surface area contributed by atoms with Crippen LogP contribution in [-0.4, -0.2) is 41.3 Å². The van der Waals surface area contributed by atoms with Crippen LogP contribution < -0.4 is 5.32 Å². The Labute approximate surface area is 122 Å². The summed E-state index contributed by atoms with van der Waals surface area (Å²) in [6.07, 6.45) is 0.583. The Hall–Kier alpha value is -2.08. The molecule has 1 amide bonds. The fraction of sp³-hybridized carbons (Fsp3) is 0.467. The van der Waals surface area contributed by atoms with E-state index in [-0.39, 0.29) is 31.3 Å². The number of hydrogen-bond donors (Lipinski definition) is 3. The number of carboxylic acids is 1. The second kappa shape index (κ2) is 6.13. The van der Waals surface area contributed by atoms with Gasteiger partial charge in [0, 0.05) is 6.42 Å². The summed E-state index contributed by atoms with van der Waals surface area (Å²) in [5.41, 5.74) is -0.402. The molecule has 0 radical (unpaired) electrons. The van der Waals surface area contributed by atoms with Crippen LogP contribution in [-0.2, 0) is 20.7 Å². The molecule has 6 heteroatoms. The number of aromatic hydroxyl groups is 1. The third kappa shape index (κ3) is 3.33. The lowest BCUT2D eigenvalue weighted by atomic mass is 9.85. The van der Waals surface area contributed by atoms with Crippen LogP contribution in [0.3, 0.4) is 0 Å². The van der Waals surface area contributed by atoms with Crippen molar-refractivity contribution in [1.29, 1.82) is 0 Å². The molecule has 0 aliphatic carbocycles. The molecule has 0 bridgehead atoms. The SMILES string of the molecule is CC1(C(=O)O)COCC1NC(=O)CCc1ccccc1O. The topological polar surface area (TPSA) is 95.9 Å². The summed E-state index contributed by atoms with van der Waals surface area (Å²) in [6, 6.07) is 6.29. The number of carbonyl (C=O) groups excluding carboxylic acids is 1. The molecule has 114 valence electrons. The molecule has 2 atom stereocenters. The maximum Gasteiger partial charge on any atom is 0.313 e. The summed E-state index contributed by atoms with van der Waals surface area (Å²) in [7, 11) is 0. The number of phenols is 1. The van der Waals surface area contributed by atoms with Gasteiger partial charge >= 0.3 is 5.97 Å². The lowest BCUT2D eigenvalue weighted by Gasteiger charge is -2.25. The Morgan fingerprint density at radius 3 is 2.81 bits per heavy atom.